The van der Waals surface area contributed by atoms with Gasteiger partial charge in [0.25, 0.3) is 0 Å². The van der Waals surface area contributed by atoms with E-state index in [0.29, 0.717) is 13.1 Å². The standard InChI is InChI=1S/C12H15BrN2O2/c1-17-12(16)15-7-5-14(6-8-15)11-4-2-3-10(13)9-11/h2-4,9H,5-8H2,1H3. The van der Waals surface area contributed by atoms with Crippen LogP contribution in [0.4, 0.5) is 10.5 Å². The van der Waals surface area contributed by atoms with Gasteiger partial charge in [0, 0.05) is 36.3 Å². The van der Waals surface area contributed by atoms with Gasteiger partial charge in [-0.05, 0) is 18.2 Å². The molecule has 0 aromatic heterocycles. The van der Waals surface area contributed by atoms with Crippen molar-refractivity contribution in [3.05, 3.63) is 28.7 Å². The number of carbonyl (C=O) groups excluding carboxylic acids is 1. The predicted molar refractivity (Wildman–Crippen MR) is 70.3 cm³/mol. The maximum atomic E-state index is 11.3. The molecular weight excluding hydrogens is 284 g/mol. The molecule has 0 bridgehead atoms. The van der Waals surface area contributed by atoms with Crippen LogP contribution in [-0.4, -0.2) is 44.3 Å². The Morgan fingerprint density at radius 2 is 2.00 bits per heavy atom. The number of ether oxygens (including phenoxy) is 1. The van der Waals surface area contributed by atoms with E-state index in [1.165, 1.54) is 12.8 Å². The molecule has 1 heterocycles. The summed E-state index contributed by atoms with van der Waals surface area (Å²) in [7, 11) is 1.42. The summed E-state index contributed by atoms with van der Waals surface area (Å²) in [6.07, 6.45) is -0.237. The summed E-state index contributed by atoms with van der Waals surface area (Å²) in [6.45, 7) is 3.09. The predicted octanol–water partition coefficient (Wildman–Crippen LogP) is 2.34. The van der Waals surface area contributed by atoms with Gasteiger partial charge in [0.05, 0.1) is 7.11 Å². The van der Waals surface area contributed by atoms with Crippen LogP contribution in [0, 0.1) is 0 Å². The number of anilines is 1. The molecule has 1 fully saturated rings. The number of hydrogen-bond donors (Lipinski definition) is 0. The number of rotatable bonds is 1. The fourth-order valence-corrected chi connectivity index (χ4v) is 2.34. The first kappa shape index (κ1) is 12.2. The summed E-state index contributed by atoms with van der Waals surface area (Å²) >= 11 is 3.46. The van der Waals surface area contributed by atoms with Gasteiger partial charge in [-0.1, -0.05) is 22.0 Å². The minimum atomic E-state index is -0.237. The number of piperazine rings is 1. The van der Waals surface area contributed by atoms with Crippen LogP contribution >= 0.6 is 15.9 Å². The highest BCUT2D eigenvalue weighted by atomic mass is 79.9. The molecule has 1 aliphatic rings. The van der Waals surface area contributed by atoms with Crippen molar-refractivity contribution < 1.29 is 9.53 Å². The van der Waals surface area contributed by atoms with E-state index in [2.05, 4.69) is 33.0 Å². The highest BCUT2D eigenvalue weighted by molar-refractivity contribution is 9.10. The van der Waals surface area contributed by atoms with E-state index in [9.17, 15) is 4.79 Å². The lowest BCUT2D eigenvalue weighted by Crippen LogP contribution is -2.48. The van der Waals surface area contributed by atoms with Crippen LogP contribution in [0.2, 0.25) is 0 Å². The van der Waals surface area contributed by atoms with Gasteiger partial charge in [-0.25, -0.2) is 4.79 Å². The Hall–Kier alpha value is -1.23. The number of carbonyl (C=O) groups is 1. The highest BCUT2D eigenvalue weighted by Gasteiger charge is 2.21. The molecular formula is C12H15BrN2O2. The van der Waals surface area contributed by atoms with Crippen molar-refractivity contribution in [3.63, 3.8) is 0 Å². The van der Waals surface area contributed by atoms with E-state index in [1.54, 1.807) is 4.90 Å². The summed E-state index contributed by atoms with van der Waals surface area (Å²) in [4.78, 5) is 15.3. The second-order valence-corrected chi connectivity index (χ2v) is 4.84. The molecule has 92 valence electrons. The summed E-state index contributed by atoms with van der Waals surface area (Å²) < 4.78 is 5.79. The SMILES string of the molecule is COC(=O)N1CCN(c2cccc(Br)c2)CC1. The van der Waals surface area contributed by atoms with Crippen LogP contribution in [0.1, 0.15) is 0 Å². The normalized spacial score (nSPS) is 15.9. The fourth-order valence-electron chi connectivity index (χ4n) is 1.95. The van der Waals surface area contributed by atoms with Crippen molar-refractivity contribution in [2.75, 3.05) is 38.2 Å². The number of benzene rings is 1. The zero-order valence-corrected chi connectivity index (χ0v) is 11.3. The molecule has 0 radical (unpaired) electrons. The number of methoxy groups -OCH3 is 1. The molecule has 0 spiro atoms. The lowest BCUT2D eigenvalue weighted by atomic mass is 10.2. The zero-order valence-electron chi connectivity index (χ0n) is 9.73. The first-order chi connectivity index (χ1) is 8.20. The number of nitrogens with zero attached hydrogens (tertiary/aromatic N) is 2. The third-order valence-electron chi connectivity index (χ3n) is 2.89. The number of amides is 1. The fraction of sp³-hybridized carbons (Fsp3) is 0.417. The summed E-state index contributed by atoms with van der Waals surface area (Å²) in [5.41, 5.74) is 1.18. The van der Waals surface area contributed by atoms with Crippen LogP contribution in [-0.2, 0) is 4.74 Å². The van der Waals surface area contributed by atoms with Crippen molar-refractivity contribution in [1.82, 2.24) is 4.90 Å². The third kappa shape index (κ3) is 2.91. The van der Waals surface area contributed by atoms with Crippen molar-refractivity contribution in [2.45, 2.75) is 0 Å². The zero-order chi connectivity index (χ0) is 12.3. The van der Waals surface area contributed by atoms with Crippen molar-refractivity contribution in [3.8, 4) is 0 Å². The highest BCUT2D eigenvalue weighted by Crippen LogP contribution is 2.21. The molecule has 0 saturated carbocycles. The minimum Gasteiger partial charge on any atom is -0.453 e. The number of halogens is 1. The van der Waals surface area contributed by atoms with E-state index in [1.807, 2.05) is 12.1 Å². The van der Waals surface area contributed by atoms with E-state index in [-0.39, 0.29) is 6.09 Å². The van der Waals surface area contributed by atoms with Gasteiger partial charge in [-0.3, -0.25) is 0 Å². The lowest BCUT2D eigenvalue weighted by Gasteiger charge is -2.35. The summed E-state index contributed by atoms with van der Waals surface area (Å²) in [5.74, 6) is 0. The van der Waals surface area contributed by atoms with E-state index in [4.69, 9.17) is 4.74 Å². The Balaban J connectivity index is 1.97. The van der Waals surface area contributed by atoms with Gasteiger partial charge in [-0.2, -0.15) is 0 Å². The Morgan fingerprint density at radius 1 is 1.29 bits per heavy atom. The van der Waals surface area contributed by atoms with Crippen LogP contribution in [0.25, 0.3) is 0 Å². The van der Waals surface area contributed by atoms with Crippen molar-refractivity contribution in [2.24, 2.45) is 0 Å². The molecule has 4 nitrogen and oxygen atoms in total. The maximum Gasteiger partial charge on any atom is 0.409 e. The molecule has 0 unspecified atom stereocenters. The third-order valence-corrected chi connectivity index (χ3v) is 3.38. The molecule has 1 aromatic rings. The first-order valence-electron chi connectivity index (χ1n) is 5.54. The van der Waals surface area contributed by atoms with Crippen LogP contribution in [0.5, 0.6) is 0 Å². The average molecular weight is 299 g/mol. The molecule has 0 aliphatic carbocycles. The van der Waals surface area contributed by atoms with E-state index in [0.717, 1.165) is 17.6 Å². The largest absolute Gasteiger partial charge is 0.453 e. The van der Waals surface area contributed by atoms with Crippen LogP contribution in [0.15, 0.2) is 28.7 Å². The van der Waals surface area contributed by atoms with Gasteiger partial charge >= 0.3 is 6.09 Å². The Bertz CT molecular complexity index is 403. The molecule has 0 atom stereocenters. The smallest absolute Gasteiger partial charge is 0.409 e. The molecule has 0 N–H and O–H groups in total. The van der Waals surface area contributed by atoms with E-state index < -0.39 is 0 Å². The van der Waals surface area contributed by atoms with E-state index >= 15 is 0 Å². The molecule has 1 aliphatic heterocycles. The van der Waals surface area contributed by atoms with Gasteiger partial charge in [0.15, 0.2) is 0 Å². The Morgan fingerprint density at radius 3 is 2.59 bits per heavy atom. The maximum absolute atomic E-state index is 11.3. The Kier molecular flexibility index (Phi) is 3.89. The molecule has 2 rings (SSSR count). The Labute approximate surface area is 109 Å². The average Bonchev–Trinajstić information content (AvgIpc) is 2.38. The quantitative estimate of drug-likeness (QED) is 0.798. The second-order valence-electron chi connectivity index (χ2n) is 3.92. The lowest BCUT2D eigenvalue weighted by molar-refractivity contribution is 0.121. The monoisotopic (exact) mass is 298 g/mol. The first-order valence-corrected chi connectivity index (χ1v) is 6.33. The molecule has 5 heteroatoms. The minimum absolute atomic E-state index is 0.237. The molecule has 17 heavy (non-hydrogen) atoms. The van der Waals surface area contributed by atoms with Gasteiger partial charge in [0.2, 0.25) is 0 Å². The second kappa shape index (κ2) is 5.40. The van der Waals surface area contributed by atoms with Crippen LogP contribution < -0.4 is 4.90 Å². The van der Waals surface area contributed by atoms with Crippen molar-refractivity contribution >= 4 is 27.7 Å². The molecule has 1 aromatic carbocycles. The van der Waals surface area contributed by atoms with Gasteiger partial charge in [-0.15, -0.1) is 0 Å². The topological polar surface area (TPSA) is 32.8 Å². The molecule has 1 amide bonds. The van der Waals surface area contributed by atoms with Crippen LogP contribution in [0.3, 0.4) is 0 Å². The van der Waals surface area contributed by atoms with Crippen molar-refractivity contribution in [1.29, 1.82) is 0 Å². The van der Waals surface area contributed by atoms with Gasteiger partial charge in [0.1, 0.15) is 0 Å². The number of hydrogen-bond acceptors (Lipinski definition) is 3. The summed E-state index contributed by atoms with van der Waals surface area (Å²) in [5, 5.41) is 0. The summed E-state index contributed by atoms with van der Waals surface area (Å²) in [6, 6.07) is 8.20. The van der Waals surface area contributed by atoms with Gasteiger partial charge < -0.3 is 14.5 Å². The molecule has 1 saturated heterocycles.